The third-order valence-corrected chi connectivity index (χ3v) is 3.84. The van der Waals surface area contributed by atoms with E-state index in [0.717, 1.165) is 25.7 Å². The van der Waals surface area contributed by atoms with Gasteiger partial charge >= 0.3 is 0 Å². The molecule has 1 aromatic rings. The fourth-order valence-corrected chi connectivity index (χ4v) is 2.88. The SMILES string of the molecule is Cc1ccc(C2(N=C=O)CCCC2)c(Cl)c1F. The third kappa shape index (κ3) is 2.01. The van der Waals surface area contributed by atoms with Gasteiger partial charge in [-0.3, -0.25) is 0 Å². The van der Waals surface area contributed by atoms with Gasteiger partial charge in [-0.2, -0.15) is 4.99 Å². The number of aryl methyl sites for hydroxylation is 1. The Hall–Kier alpha value is -1.18. The molecule has 17 heavy (non-hydrogen) atoms. The van der Waals surface area contributed by atoms with Gasteiger partial charge < -0.3 is 0 Å². The summed E-state index contributed by atoms with van der Waals surface area (Å²) in [6.07, 6.45) is 5.00. The summed E-state index contributed by atoms with van der Waals surface area (Å²) in [6, 6.07) is 3.45. The number of nitrogens with zero attached hydrogens (tertiary/aromatic N) is 1. The molecule has 0 heterocycles. The van der Waals surface area contributed by atoms with E-state index in [2.05, 4.69) is 4.99 Å². The molecular formula is C13H13ClFNO. The maximum absolute atomic E-state index is 13.8. The van der Waals surface area contributed by atoms with Crippen LogP contribution in [0, 0.1) is 12.7 Å². The van der Waals surface area contributed by atoms with E-state index in [-0.39, 0.29) is 5.02 Å². The fourth-order valence-electron chi connectivity index (χ4n) is 2.49. The first-order valence-electron chi connectivity index (χ1n) is 5.65. The molecule has 1 aliphatic rings. The van der Waals surface area contributed by atoms with E-state index in [1.165, 1.54) is 0 Å². The summed E-state index contributed by atoms with van der Waals surface area (Å²) >= 11 is 6.04. The van der Waals surface area contributed by atoms with Crippen molar-refractivity contribution in [3.8, 4) is 0 Å². The Balaban J connectivity index is 2.58. The van der Waals surface area contributed by atoms with Crippen molar-refractivity contribution in [1.82, 2.24) is 0 Å². The summed E-state index contributed by atoms with van der Waals surface area (Å²) in [5.74, 6) is -0.420. The molecule has 0 spiro atoms. The van der Waals surface area contributed by atoms with Crippen molar-refractivity contribution in [3.05, 3.63) is 34.1 Å². The Bertz CT molecular complexity index is 488. The quantitative estimate of drug-likeness (QED) is 0.581. The molecule has 2 nitrogen and oxygen atoms in total. The predicted molar refractivity (Wildman–Crippen MR) is 64.4 cm³/mol. The number of benzene rings is 1. The predicted octanol–water partition coefficient (Wildman–Crippen LogP) is 3.89. The Morgan fingerprint density at radius 2 is 2.06 bits per heavy atom. The van der Waals surface area contributed by atoms with Crippen LogP contribution in [0.15, 0.2) is 17.1 Å². The summed E-state index contributed by atoms with van der Waals surface area (Å²) in [7, 11) is 0. The van der Waals surface area contributed by atoms with E-state index in [9.17, 15) is 9.18 Å². The topological polar surface area (TPSA) is 29.4 Å². The molecule has 0 radical (unpaired) electrons. The normalized spacial score (nSPS) is 17.8. The Morgan fingerprint density at radius 3 is 2.65 bits per heavy atom. The summed E-state index contributed by atoms with van der Waals surface area (Å²) in [4.78, 5) is 14.5. The summed E-state index contributed by atoms with van der Waals surface area (Å²) < 4.78 is 13.8. The minimum absolute atomic E-state index is 0.0888. The lowest BCUT2D eigenvalue weighted by Crippen LogP contribution is -2.20. The van der Waals surface area contributed by atoms with Gasteiger partial charge in [-0.25, -0.2) is 9.18 Å². The highest BCUT2D eigenvalue weighted by molar-refractivity contribution is 6.31. The number of isocyanates is 1. The highest BCUT2D eigenvalue weighted by atomic mass is 35.5. The second-order valence-electron chi connectivity index (χ2n) is 4.50. The number of rotatable bonds is 2. The lowest BCUT2D eigenvalue weighted by atomic mass is 9.88. The zero-order chi connectivity index (χ0) is 12.5. The zero-order valence-corrected chi connectivity index (χ0v) is 10.4. The van der Waals surface area contributed by atoms with Crippen molar-refractivity contribution in [3.63, 3.8) is 0 Å². The summed E-state index contributed by atoms with van der Waals surface area (Å²) in [5, 5.41) is 0.0888. The van der Waals surface area contributed by atoms with Gasteiger partial charge in [0.25, 0.3) is 0 Å². The van der Waals surface area contributed by atoms with Gasteiger partial charge in [0.2, 0.25) is 6.08 Å². The molecule has 90 valence electrons. The molecular weight excluding hydrogens is 241 g/mol. The third-order valence-electron chi connectivity index (χ3n) is 3.47. The number of carbonyl (C=O) groups excluding carboxylic acids is 1. The standard InChI is InChI=1S/C13H13ClFNO/c1-9-4-5-10(11(14)12(9)15)13(16-8-17)6-2-3-7-13/h4-5H,2-3,6-7H2,1H3. The zero-order valence-electron chi connectivity index (χ0n) is 9.59. The lowest BCUT2D eigenvalue weighted by molar-refractivity contribution is 0.452. The maximum Gasteiger partial charge on any atom is 0.235 e. The molecule has 0 bridgehead atoms. The largest absolute Gasteiger partial charge is 0.235 e. The Morgan fingerprint density at radius 1 is 1.41 bits per heavy atom. The van der Waals surface area contributed by atoms with Crippen LogP contribution in [-0.2, 0) is 10.3 Å². The van der Waals surface area contributed by atoms with Crippen molar-refractivity contribution >= 4 is 17.7 Å². The monoisotopic (exact) mass is 253 g/mol. The lowest BCUT2D eigenvalue weighted by Gasteiger charge is -2.24. The summed E-state index contributed by atoms with van der Waals surface area (Å²) in [6.45, 7) is 1.66. The molecule has 1 aliphatic carbocycles. The van der Waals surface area contributed by atoms with Crippen LogP contribution in [0.5, 0.6) is 0 Å². The van der Waals surface area contributed by atoms with Crippen LogP contribution >= 0.6 is 11.6 Å². The first-order chi connectivity index (χ1) is 8.10. The molecule has 0 unspecified atom stereocenters. The average Bonchev–Trinajstić information content (AvgIpc) is 2.76. The molecule has 0 saturated heterocycles. The van der Waals surface area contributed by atoms with Gasteiger partial charge in [0.15, 0.2) is 0 Å². The van der Waals surface area contributed by atoms with Crippen molar-refractivity contribution < 1.29 is 9.18 Å². The van der Waals surface area contributed by atoms with Crippen LogP contribution in [0.4, 0.5) is 4.39 Å². The molecule has 0 N–H and O–H groups in total. The van der Waals surface area contributed by atoms with Crippen molar-refractivity contribution in [2.75, 3.05) is 0 Å². The number of aliphatic imine (C=N–C) groups is 1. The van der Waals surface area contributed by atoms with Crippen LogP contribution in [0.25, 0.3) is 0 Å². The van der Waals surface area contributed by atoms with E-state index in [4.69, 9.17) is 11.6 Å². The molecule has 1 aromatic carbocycles. The van der Waals surface area contributed by atoms with Crippen molar-refractivity contribution in [1.29, 1.82) is 0 Å². The van der Waals surface area contributed by atoms with Crippen LogP contribution < -0.4 is 0 Å². The smallest absolute Gasteiger partial charge is 0.211 e. The molecule has 1 fully saturated rings. The van der Waals surface area contributed by atoms with E-state index < -0.39 is 11.4 Å². The van der Waals surface area contributed by atoms with Crippen LogP contribution in [-0.4, -0.2) is 6.08 Å². The Labute approximate surface area is 105 Å². The van der Waals surface area contributed by atoms with Gasteiger partial charge in [-0.1, -0.05) is 36.6 Å². The van der Waals surface area contributed by atoms with Gasteiger partial charge in [0, 0.05) is 5.56 Å². The highest BCUT2D eigenvalue weighted by Crippen LogP contribution is 2.45. The van der Waals surface area contributed by atoms with Crippen LogP contribution in [0.2, 0.25) is 5.02 Å². The van der Waals surface area contributed by atoms with E-state index in [0.29, 0.717) is 11.1 Å². The first kappa shape index (κ1) is 12.3. The minimum atomic E-state index is -0.659. The fraction of sp³-hybridized carbons (Fsp3) is 0.462. The second kappa shape index (κ2) is 4.59. The number of hydrogen-bond acceptors (Lipinski definition) is 2. The van der Waals surface area contributed by atoms with Gasteiger partial charge in [-0.15, -0.1) is 0 Å². The van der Waals surface area contributed by atoms with E-state index >= 15 is 0 Å². The Kier molecular flexibility index (Phi) is 3.32. The highest BCUT2D eigenvalue weighted by Gasteiger charge is 2.38. The second-order valence-corrected chi connectivity index (χ2v) is 4.88. The molecule has 4 heteroatoms. The molecule has 2 rings (SSSR count). The van der Waals surface area contributed by atoms with Crippen molar-refractivity contribution in [2.24, 2.45) is 4.99 Å². The number of halogens is 2. The molecule has 1 saturated carbocycles. The van der Waals surface area contributed by atoms with Gasteiger partial charge in [0.1, 0.15) is 5.82 Å². The van der Waals surface area contributed by atoms with E-state index in [1.54, 1.807) is 25.1 Å². The van der Waals surface area contributed by atoms with Crippen molar-refractivity contribution in [2.45, 2.75) is 38.1 Å². The summed E-state index contributed by atoms with van der Waals surface area (Å²) in [5.41, 5.74) is 0.456. The number of hydrogen-bond donors (Lipinski definition) is 0. The van der Waals surface area contributed by atoms with Crippen LogP contribution in [0.3, 0.4) is 0 Å². The molecule has 0 amide bonds. The maximum atomic E-state index is 13.8. The molecule has 0 aliphatic heterocycles. The minimum Gasteiger partial charge on any atom is -0.211 e. The van der Waals surface area contributed by atoms with E-state index in [1.807, 2.05) is 0 Å². The first-order valence-corrected chi connectivity index (χ1v) is 6.03. The van der Waals surface area contributed by atoms with Gasteiger partial charge in [0.05, 0.1) is 10.6 Å². The molecule has 0 aromatic heterocycles. The van der Waals surface area contributed by atoms with Gasteiger partial charge in [-0.05, 0) is 25.3 Å². The van der Waals surface area contributed by atoms with Crippen LogP contribution in [0.1, 0.15) is 36.8 Å². The average molecular weight is 254 g/mol. The molecule has 0 atom stereocenters.